The van der Waals surface area contributed by atoms with E-state index in [9.17, 15) is 9.59 Å². The Hall–Kier alpha value is -2.36. The lowest BCUT2D eigenvalue weighted by Crippen LogP contribution is -2.53. The molecule has 1 fully saturated rings. The van der Waals surface area contributed by atoms with E-state index >= 15 is 0 Å². The average molecular weight is 375 g/mol. The first-order valence-corrected chi connectivity index (χ1v) is 8.17. The third-order valence-electron chi connectivity index (χ3n) is 3.58. The number of hydrogen-bond acceptors (Lipinski definition) is 6. The van der Waals surface area contributed by atoms with Gasteiger partial charge in [0.25, 0.3) is 0 Å². The molecule has 0 saturated heterocycles. The lowest BCUT2D eigenvalue weighted by Gasteiger charge is -2.35. The number of nitrogens with one attached hydrogen (secondary N) is 1. The molecule has 0 radical (unpaired) electrons. The Bertz CT molecular complexity index is 516. The van der Waals surface area contributed by atoms with Gasteiger partial charge in [-0.3, -0.25) is 4.79 Å². The zero-order chi connectivity index (χ0) is 20.7. The van der Waals surface area contributed by atoms with Gasteiger partial charge in [0.1, 0.15) is 5.60 Å². The summed E-state index contributed by atoms with van der Waals surface area (Å²) in [7, 11) is 3.49. The quantitative estimate of drug-likeness (QED) is 0.500. The van der Waals surface area contributed by atoms with Crippen LogP contribution in [0.3, 0.4) is 0 Å². The second-order valence-electron chi connectivity index (χ2n) is 7.27. The molecule has 150 valence electrons. The summed E-state index contributed by atoms with van der Waals surface area (Å²) in [4.78, 5) is 43.6. The highest BCUT2D eigenvalue weighted by Gasteiger charge is 2.34. The Morgan fingerprint density at radius 1 is 1.08 bits per heavy atom. The Balaban J connectivity index is 0.000000896. The minimum atomic E-state index is -1.82. The Kier molecular flexibility index (Phi) is 9.05. The summed E-state index contributed by atoms with van der Waals surface area (Å²) in [6.45, 7) is 5.43. The minimum absolute atomic E-state index is 0.0789. The van der Waals surface area contributed by atoms with Crippen molar-refractivity contribution in [1.29, 1.82) is 0 Å². The van der Waals surface area contributed by atoms with E-state index in [1.807, 2.05) is 20.8 Å². The van der Waals surface area contributed by atoms with Crippen LogP contribution in [0.15, 0.2) is 0 Å². The van der Waals surface area contributed by atoms with Crippen LogP contribution in [0.2, 0.25) is 0 Å². The normalized spacial score (nSPS) is 22.3. The topological polar surface area (TPSA) is 159 Å². The predicted octanol–water partition coefficient (Wildman–Crippen LogP) is 0.251. The highest BCUT2D eigenvalue weighted by Crippen LogP contribution is 2.25. The van der Waals surface area contributed by atoms with Crippen molar-refractivity contribution in [2.45, 2.75) is 57.7 Å². The van der Waals surface area contributed by atoms with Crippen molar-refractivity contribution >= 4 is 23.9 Å². The van der Waals surface area contributed by atoms with Crippen LogP contribution in [0, 0.1) is 5.92 Å². The van der Waals surface area contributed by atoms with Gasteiger partial charge < -0.3 is 30.9 Å². The number of ether oxygens (including phenoxy) is 1. The van der Waals surface area contributed by atoms with Crippen molar-refractivity contribution in [3.63, 3.8) is 0 Å². The number of hydrogen-bond donors (Lipinski definition) is 4. The van der Waals surface area contributed by atoms with E-state index < -0.39 is 23.6 Å². The Morgan fingerprint density at radius 2 is 1.58 bits per heavy atom. The molecule has 0 unspecified atom stereocenters. The summed E-state index contributed by atoms with van der Waals surface area (Å²) in [6.07, 6.45) is 1.59. The molecule has 0 aromatic carbocycles. The molecule has 26 heavy (non-hydrogen) atoms. The Labute approximate surface area is 152 Å². The van der Waals surface area contributed by atoms with Crippen LogP contribution in [-0.4, -0.2) is 70.8 Å². The highest BCUT2D eigenvalue weighted by molar-refractivity contribution is 6.27. The predicted molar refractivity (Wildman–Crippen MR) is 92.4 cm³/mol. The second-order valence-corrected chi connectivity index (χ2v) is 7.27. The second kappa shape index (κ2) is 9.95. The summed E-state index contributed by atoms with van der Waals surface area (Å²) in [5.74, 6) is -3.64. The maximum absolute atomic E-state index is 12.0. The summed E-state index contributed by atoms with van der Waals surface area (Å²) >= 11 is 0. The molecule has 0 aliphatic heterocycles. The van der Waals surface area contributed by atoms with Crippen molar-refractivity contribution in [3.8, 4) is 0 Å². The van der Waals surface area contributed by atoms with Gasteiger partial charge in [-0.05, 0) is 40.0 Å². The van der Waals surface area contributed by atoms with Gasteiger partial charge in [0.2, 0.25) is 5.91 Å². The number of nitrogens with zero attached hydrogens (tertiary/aromatic N) is 1. The van der Waals surface area contributed by atoms with E-state index in [0.29, 0.717) is 6.42 Å². The van der Waals surface area contributed by atoms with Gasteiger partial charge in [0.15, 0.2) is 0 Å². The van der Waals surface area contributed by atoms with Gasteiger partial charge >= 0.3 is 18.0 Å². The number of carbonyl (C=O) groups excluding carboxylic acids is 2. The molecule has 1 rings (SSSR count). The van der Waals surface area contributed by atoms with E-state index in [-0.39, 0.29) is 23.9 Å². The standard InChI is InChI=1S/C14H27N3O3.C2H2O4/c1-14(2,3)20-13(19)16-11-8-9(6-7-10(11)15)12(18)17(4)5;3-1(4)2(5)6/h9-11H,6-8,15H2,1-5H3,(H,16,19);(H,3,4)(H,5,6)/t9-,10-,11-;/m1./s1. The molecule has 2 amide bonds. The van der Waals surface area contributed by atoms with Crippen molar-refractivity contribution in [1.82, 2.24) is 10.2 Å². The number of rotatable bonds is 2. The first kappa shape index (κ1) is 23.6. The van der Waals surface area contributed by atoms with Crippen molar-refractivity contribution in [2.75, 3.05) is 14.1 Å². The molecule has 0 heterocycles. The van der Waals surface area contributed by atoms with Gasteiger partial charge in [0, 0.05) is 32.1 Å². The van der Waals surface area contributed by atoms with Crippen LogP contribution in [-0.2, 0) is 19.1 Å². The fourth-order valence-electron chi connectivity index (χ4n) is 2.41. The number of amides is 2. The minimum Gasteiger partial charge on any atom is -0.473 e. The van der Waals surface area contributed by atoms with Crippen LogP contribution in [0.25, 0.3) is 0 Å². The Morgan fingerprint density at radius 3 is 1.96 bits per heavy atom. The number of carboxylic acid groups (broad SMARTS) is 2. The van der Waals surface area contributed by atoms with Gasteiger partial charge in [-0.1, -0.05) is 0 Å². The van der Waals surface area contributed by atoms with E-state index in [4.69, 9.17) is 30.3 Å². The lowest BCUT2D eigenvalue weighted by molar-refractivity contribution is -0.159. The van der Waals surface area contributed by atoms with Crippen molar-refractivity contribution < 1.29 is 34.1 Å². The average Bonchev–Trinajstić information content (AvgIpc) is 2.47. The largest absolute Gasteiger partial charge is 0.473 e. The summed E-state index contributed by atoms with van der Waals surface area (Å²) in [5.41, 5.74) is 5.49. The molecular formula is C16H29N3O7. The maximum atomic E-state index is 12.0. The number of carbonyl (C=O) groups is 4. The molecule has 0 bridgehead atoms. The maximum Gasteiger partial charge on any atom is 0.414 e. The van der Waals surface area contributed by atoms with Gasteiger partial charge in [-0.15, -0.1) is 0 Å². The molecule has 3 atom stereocenters. The van der Waals surface area contributed by atoms with Gasteiger partial charge in [-0.25, -0.2) is 14.4 Å². The number of carboxylic acids is 2. The number of nitrogens with two attached hydrogens (primary N) is 1. The molecule has 1 aliphatic rings. The van der Waals surface area contributed by atoms with Crippen molar-refractivity contribution in [3.05, 3.63) is 0 Å². The SMILES string of the molecule is CN(C)C(=O)[C@@H]1CC[C@@H](N)[C@H](NC(=O)OC(C)(C)C)C1.O=C(O)C(=O)O. The van der Waals surface area contributed by atoms with E-state index in [1.165, 1.54) is 0 Å². The molecule has 1 aliphatic carbocycles. The first-order valence-electron chi connectivity index (χ1n) is 8.17. The molecule has 1 saturated carbocycles. The summed E-state index contributed by atoms with van der Waals surface area (Å²) < 4.78 is 5.23. The molecule has 10 nitrogen and oxygen atoms in total. The van der Waals surface area contributed by atoms with E-state index in [2.05, 4.69) is 5.32 Å². The van der Waals surface area contributed by atoms with E-state index in [1.54, 1.807) is 19.0 Å². The number of aliphatic carboxylic acids is 2. The van der Waals surface area contributed by atoms with Crippen LogP contribution < -0.4 is 11.1 Å². The molecule has 0 aromatic rings. The van der Waals surface area contributed by atoms with Crippen molar-refractivity contribution in [2.24, 2.45) is 11.7 Å². The van der Waals surface area contributed by atoms with Crippen LogP contribution in [0.4, 0.5) is 4.79 Å². The zero-order valence-corrected chi connectivity index (χ0v) is 15.8. The zero-order valence-electron chi connectivity index (χ0n) is 15.8. The lowest BCUT2D eigenvalue weighted by atomic mass is 9.82. The third-order valence-corrected chi connectivity index (χ3v) is 3.58. The van der Waals surface area contributed by atoms with Crippen LogP contribution >= 0.6 is 0 Å². The molecule has 0 aromatic heterocycles. The molecule has 10 heteroatoms. The molecule has 0 spiro atoms. The number of alkyl carbamates (subject to hydrolysis) is 1. The summed E-state index contributed by atoms with van der Waals surface area (Å²) in [6, 6.07) is -0.346. The monoisotopic (exact) mass is 375 g/mol. The fraction of sp³-hybridized carbons (Fsp3) is 0.750. The van der Waals surface area contributed by atoms with E-state index in [0.717, 1.165) is 12.8 Å². The van der Waals surface area contributed by atoms with Crippen LogP contribution in [0.1, 0.15) is 40.0 Å². The third kappa shape index (κ3) is 9.21. The van der Waals surface area contributed by atoms with Crippen LogP contribution in [0.5, 0.6) is 0 Å². The van der Waals surface area contributed by atoms with Gasteiger partial charge in [0.05, 0.1) is 0 Å². The fourth-order valence-corrected chi connectivity index (χ4v) is 2.41. The highest BCUT2D eigenvalue weighted by atomic mass is 16.6. The summed E-state index contributed by atoms with van der Waals surface area (Å²) in [5, 5.41) is 17.6. The smallest absolute Gasteiger partial charge is 0.414 e. The molecular weight excluding hydrogens is 346 g/mol. The van der Waals surface area contributed by atoms with Gasteiger partial charge in [-0.2, -0.15) is 0 Å². The first-order chi connectivity index (χ1) is 11.7. The molecule has 5 N–H and O–H groups in total.